The van der Waals surface area contributed by atoms with E-state index in [2.05, 4.69) is 32.9 Å². The van der Waals surface area contributed by atoms with E-state index in [9.17, 15) is 4.79 Å². The number of hydrogen-bond donors (Lipinski definition) is 2. The second-order valence-corrected chi connectivity index (χ2v) is 7.31. The fourth-order valence-electron chi connectivity index (χ4n) is 3.92. The molecule has 4 rings (SSSR count). The highest BCUT2D eigenvalue weighted by atomic mass is 16.2. The molecule has 0 saturated heterocycles. The third-order valence-electron chi connectivity index (χ3n) is 5.23. The molecule has 0 saturated carbocycles. The number of carbonyl (C=O) groups excluding carboxylic acids is 1. The number of carbonyl (C=O) groups is 1. The third kappa shape index (κ3) is 3.94. The number of amides is 2. The standard InChI is InChI=1S/C23H22N6O/c1-15-22(16(2)29(28-15)21-8-3-4-11-25-21)18-9-10-20(13-18)27-23(30)26-19-7-5-6-17(12-19)14-24/h3-12,18,20H,13H2,1-2H3,(H2,26,27,30)/t18-,20-/m1/s1. The molecule has 1 aromatic carbocycles. The molecule has 150 valence electrons. The van der Waals surface area contributed by atoms with Gasteiger partial charge in [-0.05, 0) is 50.6 Å². The molecule has 7 heteroatoms. The molecule has 0 unspecified atom stereocenters. The Hall–Kier alpha value is -3.92. The summed E-state index contributed by atoms with van der Waals surface area (Å²) >= 11 is 0. The molecule has 2 aromatic heterocycles. The fourth-order valence-corrected chi connectivity index (χ4v) is 3.92. The van der Waals surface area contributed by atoms with Crippen LogP contribution in [0.2, 0.25) is 0 Å². The summed E-state index contributed by atoms with van der Waals surface area (Å²) in [4.78, 5) is 16.8. The minimum atomic E-state index is -0.294. The van der Waals surface area contributed by atoms with Gasteiger partial charge in [-0.3, -0.25) is 0 Å². The summed E-state index contributed by atoms with van der Waals surface area (Å²) in [5.41, 5.74) is 4.28. The summed E-state index contributed by atoms with van der Waals surface area (Å²) in [5, 5.41) is 19.4. The Morgan fingerprint density at radius 2 is 2.07 bits per heavy atom. The second-order valence-electron chi connectivity index (χ2n) is 7.31. The van der Waals surface area contributed by atoms with Crippen molar-refractivity contribution in [1.29, 1.82) is 5.26 Å². The highest BCUT2D eigenvalue weighted by molar-refractivity contribution is 5.89. The van der Waals surface area contributed by atoms with Crippen molar-refractivity contribution in [3.63, 3.8) is 0 Å². The van der Waals surface area contributed by atoms with E-state index in [1.165, 1.54) is 5.56 Å². The number of benzene rings is 1. The zero-order valence-electron chi connectivity index (χ0n) is 16.8. The lowest BCUT2D eigenvalue weighted by Crippen LogP contribution is -2.36. The monoisotopic (exact) mass is 398 g/mol. The van der Waals surface area contributed by atoms with Crippen molar-refractivity contribution in [2.75, 3.05) is 5.32 Å². The Morgan fingerprint density at radius 1 is 1.20 bits per heavy atom. The number of nitriles is 1. The molecule has 7 nitrogen and oxygen atoms in total. The Balaban J connectivity index is 1.43. The van der Waals surface area contributed by atoms with Gasteiger partial charge in [-0.2, -0.15) is 10.4 Å². The van der Waals surface area contributed by atoms with Crippen LogP contribution in [0.5, 0.6) is 0 Å². The van der Waals surface area contributed by atoms with Gasteiger partial charge in [0, 0.05) is 35.1 Å². The smallest absolute Gasteiger partial charge is 0.319 e. The molecule has 2 heterocycles. The third-order valence-corrected chi connectivity index (χ3v) is 5.23. The Labute approximate surface area is 175 Å². The number of rotatable bonds is 4. The van der Waals surface area contributed by atoms with Gasteiger partial charge in [-0.15, -0.1) is 0 Å². The molecule has 0 fully saturated rings. The van der Waals surface area contributed by atoms with Crippen LogP contribution in [0, 0.1) is 25.2 Å². The van der Waals surface area contributed by atoms with E-state index in [1.54, 1.807) is 30.5 Å². The number of aromatic nitrogens is 3. The van der Waals surface area contributed by atoms with Crippen molar-refractivity contribution < 1.29 is 4.79 Å². The molecule has 1 aliphatic carbocycles. The van der Waals surface area contributed by atoms with Crippen molar-refractivity contribution in [3.05, 3.63) is 83.3 Å². The van der Waals surface area contributed by atoms with Crippen LogP contribution in [0.25, 0.3) is 5.82 Å². The Morgan fingerprint density at radius 3 is 2.83 bits per heavy atom. The molecule has 0 radical (unpaired) electrons. The summed E-state index contributed by atoms with van der Waals surface area (Å²) in [5.74, 6) is 0.967. The lowest BCUT2D eigenvalue weighted by molar-refractivity contribution is 0.250. The first-order valence-electron chi connectivity index (χ1n) is 9.78. The highest BCUT2D eigenvalue weighted by Gasteiger charge is 2.27. The number of pyridine rings is 1. The van der Waals surface area contributed by atoms with Crippen LogP contribution in [0.15, 0.2) is 60.8 Å². The van der Waals surface area contributed by atoms with Gasteiger partial charge in [-0.1, -0.05) is 24.3 Å². The lowest BCUT2D eigenvalue weighted by Gasteiger charge is -2.15. The lowest BCUT2D eigenvalue weighted by atomic mass is 9.96. The molecular weight excluding hydrogens is 376 g/mol. The van der Waals surface area contributed by atoms with E-state index in [-0.39, 0.29) is 18.0 Å². The molecule has 1 aliphatic rings. The zero-order chi connectivity index (χ0) is 21.1. The largest absolute Gasteiger partial charge is 0.332 e. The number of urea groups is 1. The Kier molecular flexibility index (Phi) is 5.31. The van der Waals surface area contributed by atoms with E-state index in [1.807, 2.05) is 42.8 Å². The van der Waals surface area contributed by atoms with E-state index >= 15 is 0 Å². The van der Waals surface area contributed by atoms with Crippen molar-refractivity contribution >= 4 is 11.7 Å². The minimum Gasteiger partial charge on any atom is -0.332 e. The molecule has 30 heavy (non-hydrogen) atoms. The molecule has 2 atom stereocenters. The maximum atomic E-state index is 12.4. The van der Waals surface area contributed by atoms with Crippen molar-refractivity contribution in [2.45, 2.75) is 32.2 Å². The first kappa shape index (κ1) is 19.4. The van der Waals surface area contributed by atoms with E-state index in [0.717, 1.165) is 23.6 Å². The SMILES string of the molecule is Cc1nn(-c2ccccn2)c(C)c1[C@@H]1C=C[C@@H](NC(=O)Nc2cccc(C#N)c2)C1. The number of anilines is 1. The average molecular weight is 398 g/mol. The number of nitrogens with one attached hydrogen (secondary N) is 2. The number of nitrogens with zero attached hydrogens (tertiary/aromatic N) is 4. The van der Waals surface area contributed by atoms with Gasteiger partial charge in [0.25, 0.3) is 0 Å². The zero-order valence-corrected chi connectivity index (χ0v) is 16.8. The van der Waals surface area contributed by atoms with Gasteiger partial charge in [-0.25, -0.2) is 14.5 Å². The summed E-state index contributed by atoms with van der Waals surface area (Å²) in [6, 6.07) is 14.3. The van der Waals surface area contributed by atoms with Crippen LogP contribution in [-0.4, -0.2) is 26.8 Å². The Bertz CT molecular complexity index is 1140. The van der Waals surface area contributed by atoms with Crippen LogP contribution in [0.1, 0.15) is 34.9 Å². The summed E-state index contributed by atoms with van der Waals surface area (Å²) in [6.07, 6.45) is 6.67. The molecule has 3 aromatic rings. The van der Waals surface area contributed by atoms with Crippen molar-refractivity contribution in [2.24, 2.45) is 0 Å². The predicted molar refractivity (Wildman–Crippen MR) is 114 cm³/mol. The van der Waals surface area contributed by atoms with E-state index in [0.29, 0.717) is 11.3 Å². The summed E-state index contributed by atoms with van der Waals surface area (Å²) in [6.45, 7) is 4.05. The molecule has 0 aliphatic heterocycles. The second kappa shape index (κ2) is 8.21. The number of hydrogen-bond acceptors (Lipinski definition) is 4. The van der Waals surface area contributed by atoms with Crippen molar-refractivity contribution in [1.82, 2.24) is 20.1 Å². The van der Waals surface area contributed by atoms with Gasteiger partial charge in [0.15, 0.2) is 5.82 Å². The maximum absolute atomic E-state index is 12.4. The summed E-state index contributed by atoms with van der Waals surface area (Å²) in [7, 11) is 0. The molecule has 0 bridgehead atoms. The molecule has 0 spiro atoms. The number of allylic oxidation sites excluding steroid dienone is 1. The predicted octanol–water partition coefficient (Wildman–Crippen LogP) is 3.99. The average Bonchev–Trinajstić information content (AvgIpc) is 3.31. The van der Waals surface area contributed by atoms with Crippen LogP contribution in [0.4, 0.5) is 10.5 Å². The van der Waals surface area contributed by atoms with Crippen molar-refractivity contribution in [3.8, 4) is 11.9 Å². The normalized spacial score (nSPS) is 17.5. The van der Waals surface area contributed by atoms with E-state index < -0.39 is 0 Å². The minimum absolute atomic E-state index is 0.0776. The molecule has 2 N–H and O–H groups in total. The highest BCUT2D eigenvalue weighted by Crippen LogP contribution is 2.33. The molecule has 2 amide bonds. The first-order valence-corrected chi connectivity index (χ1v) is 9.78. The first-order chi connectivity index (χ1) is 14.5. The van der Waals surface area contributed by atoms with Gasteiger partial charge in [0.2, 0.25) is 0 Å². The van der Waals surface area contributed by atoms with Crippen LogP contribution < -0.4 is 10.6 Å². The van der Waals surface area contributed by atoms with E-state index in [4.69, 9.17) is 5.26 Å². The van der Waals surface area contributed by atoms with Crippen LogP contribution in [-0.2, 0) is 0 Å². The fraction of sp³-hybridized carbons (Fsp3) is 0.217. The van der Waals surface area contributed by atoms with Gasteiger partial charge < -0.3 is 10.6 Å². The topological polar surface area (TPSA) is 95.6 Å². The quantitative estimate of drug-likeness (QED) is 0.650. The molecular formula is C23H22N6O. The van der Waals surface area contributed by atoms with Crippen LogP contribution >= 0.6 is 0 Å². The van der Waals surface area contributed by atoms with Gasteiger partial charge in [0.1, 0.15) is 0 Å². The van der Waals surface area contributed by atoms with Crippen LogP contribution in [0.3, 0.4) is 0 Å². The van der Waals surface area contributed by atoms with Gasteiger partial charge in [0.05, 0.1) is 17.3 Å². The maximum Gasteiger partial charge on any atom is 0.319 e. The number of aryl methyl sites for hydroxylation is 1. The van der Waals surface area contributed by atoms with Gasteiger partial charge >= 0.3 is 6.03 Å². The summed E-state index contributed by atoms with van der Waals surface area (Å²) < 4.78 is 1.87.